The van der Waals surface area contributed by atoms with E-state index in [2.05, 4.69) is 9.72 Å². The number of rotatable bonds is 4. The first kappa shape index (κ1) is 14.0. The van der Waals surface area contributed by atoms with Crippen molar-refractivity contribution in [2.75, 3.05) is 7.11 Å². The maximum absolute atomic E-state index is 11.3. The number of aromatic nitrogens is 1. The fourth-order valence-electron chi connectivity index (χ4n) is 1.48. The number of carbonyl (C=O) groups excluding carboxylic acids is 1. The van der Waals surface area contributed by atoms with Crippen LogP contribution in [0.3, 0.4) is 0 Å². The zero-order chi connectivity index (χ0) is 14.5. The van der Waals surface area contributed by atoms with Crippen molar-refractivity contribution < 1.29 is 19.4 Å². The number of hydrogen-bond donors (Lipinski definition) is 1. The number of benzene rings is 1. The Hall–Kier alpha value is -2.47. The minimum atomic E-state index is -0.982. The SMILES string of the molecule is COC(=O)c1ccc(/C=C\c2ncc(C(=O)O)s2)cc1. The van der Waals surface area contributed by atoms with Crippen molar-refractivity contribution in [3.05, 3.63) is 51.5 Å². The van der Waals surface area contributed by atoms with Crippen LogP contribution < -0.4 is 0 Å². The molecule has 1 aromatic heterocycles. The monoisotopic (exact) mass is 289 g/mol. The molecule has 1 N–H and O–H groups in total. The first-order valence-corrected chi connectivity index (χ1v) is 6.47. The molecule has 20 heavy (non-hydrogen) atoms. The van der Waals surface area contributed by atoms with Gasteiger partial charge in [-0.05, 0) is 23.8 Å². The highest BCUT2D eigenvalue weighted by Gasteiger charge is 2.06. The molecule has 0 aliphatic heterocycles. The van der Waals surface area contributed by atoms with Crippen molar-refractivity contribution in [2.45, 2.75) is 0 Å². The molecule has 2 aromatic rings. The number of carbonyl (C=O) groups is 2. The van der Waals surface area contributed by atoms with Crippen molar-refractivity contribution in [1.82, 2.24) is 4.98 Å². The first-order chi connectivity index (χ1) is 9.60. The van der Waals surface area contributed by atoms with E-state index in [1.54, 1.807) is 36.4 Å². The summed E-state index contributed by atoms with van der Waals surface area (Å²) in [6.07, 6.45) is 4.85. The molecule has 0 saturated carbocycles. The van der Waals surface area contributed by atoms with Crippen LogP contribution in [0.2, 0.25) is 0 Å². The summed E-state index contributed by atoms with van der Waals surface area (Å²) in [5, 5.41) is 9.40. The average molecular weight is 289 g/mol. The molecule has 0 aliphatic rings. The Balaban J connectivity index is 2.10. The molecule has 102 valence electrons. The molecule has 0 radical (unpaired) electrons. The number of aromatic carboxylic acids is 1. The molecule has 1 heterocycles. The Kier molecular flexibility index (Phi) is 4.27. The van der Waals surface area contributed by atoms with Gasteiger partial charge in [-0.2, -0.15) is 0 Å². The molecule has 0 amide bonds. The van der Waals surface area contributed by atoms with Gasteiger partial charge < -0.3 is 9.84 Å². The Morgan fingerprint density at radius 1 is 1.25 bits per heavy atom. The number of carboxylic acids is 1. The van der Waals surface area contributed by atoms with Gasteiger partial charge in [-0.1, -0.05) is 18.2 Å². The summed E-state index contributed by atoms with van der Waals surface area (Å²) in [7, 11) is 1.33. The zero-order valence-electron chi connectivity index (χ0n) is 10.6. The van der Waals surface area contributed by atoms with Gasteiger partial charge in [0.25, 0.3) is 0 Å². The molecule has 5 nitrogen and oxygen atoms in total. The maximum atomic E-state index is 11.3. The summed E-state index contributed by atoms with van der Waals surface area (Å²) in [4.78, 5) is 26.2. The normalized spacial score (nSPS) is 10.7. The molecule has 0 saturated heterocycles. The van der Waals surface area contributed by atoms with Gasteiger partial charge in [0.05, 0.1) is 18.9 Å². The van der Waals surface area contributed by atoms with Gasteiger partial charge in [0.2, 0.25) is 0 Å². The van der Waals surface area contributed by atoms with Crippen molar-refractivity contribution in [3.63, 3.8) is 0 Å². The molecule has 6 heteroatoms. The van der Waals surface area contributed by atoms with Gasteiger partial charge in [-0.25, -0.2) is 14.6 Å². The molecule has 2 rings (SSSR count). The highest BCUT2D eigenvalue weighted by Crippen LogP contribution is 2.16. The van der Waals surface area contributed by atoms with E-state index in [1.807, 2.05) is 0 Å². The van der Waals surface area contributed by atoms with Gasteiger partial charge in [0.15, 0.2) is 0 Å². The number of carboxylic acid groups (broad SMARTS) is 1. The first-order valence-electron chi connectivity index (χ1n) is 5.66. The van der Waals surface area contributed by atoms with Crippen LogP contribution in [0.15, 0.2) is 30.5 Å². The highest BCUT2D eigenvalue weighted by molar-refractivity contribution is 7.14. The fourth-order valence-corrected chi connectivity index (χ4v) is 2.14. The Morgan fingerprint density at radius 2 is 1.95 bits per heavy atom. The number of thiazole rings is 1. The summed E-state index contributed by atoms with van der Waals surface area (Å²) in [5.41, 5.74) is 1.36. The lowest BCUT2D eigenvalue weighted by Crippen LogP contribution is -2.00. The summed E-state index contributed by atoms with van der Waals surface area (Å²) in [6, 6.07) is 6.87. The van der Waals surface area contributed by atoms with Gasteiger partial charge in [-0.3, -0.25) is 0 Å². The number of methoxy groups -OCH3 is 1. The number of nitrogens with zero attached hydrogens (tertiary/aromatic N) is 1. The minimum absolute atomic E-state index is 0.200. The minimum Gasteiger partial charge on any atom is -0.477 e. The van der Waals surface area contributed by atoms with Crippen LogP contribution in [0.4, 0.5) is 0 Å². The van der Waals surface area contributed by atoms with Gasteiger partial charge in [0.1, 0.15) is 9.88 Å². The van der Waals surface area contributed by atoms with E-state index < -0.39 is 5.97 Å². The lowest BCUT2D eigenvalue weighted by Gasteiger charge is -1.98. The summed E-state index contributed by atoms with van der Waals surface area (Å²) in [5.74, 6) is -1.36. The van der Waals surface area contributed by atoms with E-state index in [-0.39, 0.29) is 10.8 Å². The fraction of sp³-hybridized carbons (Fsp3) is 0.0714. The lowest BCUT2D eigenvalue weighted by molar-refractivity contribution is 0.0600. The van der Waals surface area contributed by atoms with E-state index >= 15 is 0 Å². The lowest BCUT2D eigenvalue weighted by atomic mass is 10.1. The van der Waals surface area contributed by atoms with Crippen molar-refractivity contribution in [2.24, 2.45) is 0 Å². The van der Waals surface area contributed by atoms with Gasteiger partial charge >= 0.3 is 11.9 Å². The number of hydrogen-bond acceptors (Lipinski definition) is 5. The van der Waals surface area contributed by atoms with Crippen LogP contribution in [0.5, 0.6) is 0 Å². The molecule has 0 atom stereocenters. The van der Waals surface area contributed by atoms with Crippen LogP contribution in [-0.4, -0.2) is 29.1 Å². The third kappa shape index (κ3) is 3.30. The molecule has 0 aliphatic carbocycles. The largest absolute Gasteiger partial charge is 0.477 e. The molecule has 1 aromatic carbocycles. The Labute approximate surface area is 119 Å². The molecular formula is C14H11NO4S. The molecule has 0 bridgehead atoms. The van der Waals surface area contributed by atoms with E-state index in [0.29, 0.717) is 10.6 Å². The van der Waals surface area contributed by atoms with Gasteiger partial charge in [-0.15, -0.1) is 11.3 Å². The second-order valence-corrected chi connectivity index (χ2v) is 4.88. The summed E-state index contributed by atoms with van der Waals surface area (Å²) in [6.45, 7) is 0. The topological polar surface area (TPSA) is 76.5 Å². The highest BCUT2D eigenvalue weighted by atomic mass is 32.1. The van der Waals surface area contributed by atoms with E-state index in [4.69, 9.17) is 5.11 Å². The van der Waals surface area contributed by atoms with Crippen LogP contribution in [0, 0.1) is 0 Å². The van der Waals surface area contributed by atoms with Crippen molar-refractivity contribution in [1.29, 1.82) is 0 Å². The predicted molar refractivity (Wildman–Crippen MR) is 75.8 cm³/mol. The summed E-state index contributed by atoms with van der Waals surface area (Å²) >= 11 is 1.10. The number of ether oxygens (including phenoxy) is 1. The van der Waals surface area contributed by atoms with E-state index in [0.717, 1.165) is 16.9 Å². The van der Waals surface area contributed by atoms with E-state index in [9.17, 15) is 9.59 Å². The third-order valence-corrected chi connectivity index (χ3v) is 3.44. The molecule has 0 spiro atoms. The Morgan fingerprint density at radius 3 is 2.50 bits per heavy atom. The molecule has 0 fully saturated rings. The maximum Gasteiger partial charge on any atom is 0.347 e. The van der Waals surface area contributed by atoms with Crippen LogP contribution in [-0.2, 0) is 4.74 Å². The molecular weight excluding hydrogens is 278 g/mol. The Bertz CT molecular complexity index is 658. The van der Waals surface area contributed by atoms with Crippen LogP contribution in [0.25, 0.3) is 12.2 Å². The van der Waals surface area contributed by atoms with Crippen molar-refractivity contribution >= 4 is 35.4 Å². The smallest absolute Gasteiger partial charge is 0.347 e. The van der Waals surface area contributed by atoms with Crippen LogP contribution in [0.1, 0.15) is 30.6 Å². The zero-order valence-corrected chi connectivity index (χ0v) is 11.4. The summed E-state index contributed by atoms with van der Waals surface area (Å²) < 4.78 is 4.61. The van der Waals surface area contributed by atoms with Gasteiger partial charge in [0, 0.05) is 0 Å². The average Bonchev–Trinajstić information content (AvgIpc) is 2.94. The number of esters is 1. The third-order valence-electron chi connectivity index (χ3n) is 2.48. The second-order valence-electron chi connectivity index (χ2n) is 3.81. The molecule has 0 unspecified atom stereocenters. The quantitative estimate of drug-likeness (QED) is 0.876. The van der Waals surface area contributed by atoms with Crippen LogP contribution >= 0.6 is 11.3 Å². The van der Waals surface area contributed by atoms with E-state index in [1.165, 1.54) is 13.3 Å². The van der Waals surface area contributed by atoms with Crippen molar-refractivity contribution in [3.8, 4) is 0 Å². The second kappa shape index (κ2) is 6.12. The predicted octanol–water partition coefficient (Wildman–Crippen LogP) is 2.80. The standard InChI is InChI=1S/C14H11NO4S/c1-19-14(18)10-5-2-9(3-6-10)4-7-12-15-8-11(20-12)13(16)17/h2-8H,1H3,(H,16,17)/b7-4-.